The summed E-state index contributed by atoms with van der Waals surface area (Å²) in [4.78, 5) is 10.9. The van der Waals surface area contributed by atoms with Crippen molar-refractivity contribution in [1.29, 1.82) is 0 Å². The average molecular weight is 439 g/mol. The van der Waals surface area contributed by atoms with Crippen molar-refractivity contribution >= 4 is 42.9 Å². The molecule has 0 aliphatic rings. The van der Waals surface area contributed by atoms with Crippen molar-refractivity contribution in [3.63, 3.8) is 0 Å². The Morgan fingerprint density at radius 2 is 1.85 bits per heavy atom. The van der Waals surface area contributed by atoms with Crippen LogP contribution in [0.1, 0.15) is 11.3 Å². The molecule has 0 spiro atoms. The molecule has 9 heteroatoms. The number of hydrogen-bond acceptors (Lipinski definition) is 4. The largest absolute Gasteiger partial charge is 0.507 e. The van der Waals surface area contributed by atoms with E-state index in [0.717, 1.165) is 9.54 Å². The Morgan fingerprint density at radius 1 is 1.19 bits per heavy atom. The van der Waals surface area contributed by atoms with Crippen LogP contribution in [0, 0.1) is 6.92 Å². The van der Waals surface area contributed by atoms with E-state index in [1.807, 2.05) is 6.92 Å². The first-order chi connectivity index (χ1) is 12.2. The Hall–Kier alpha value is -2.52. The minimum atomic E-state index is -3.99. The molecule has 3 aromatic rings. The number of nitrogens with one attached hydrogen (secondary N) is 1. The van der Waals surface area contributed by atoms with Gasteiger partial charge in [-0.15, -0.1) is 0 Å². The van der Waals surface area contributed by atoms with Gasteiger partial charge in [-0.05, 0) is 47.1 Å². The lowest BCUT2D eigenvalue weighted by molar-refractivity contribution is 0.193. The molecule has 136 valence electrons. The van der Waals surface area contributed by atoms with Crippen LogP contribution in [0.5, 0.6) is 5.75 Å². The summed E-state index contributed by atoms with van der Waals surface area (Å²) in [6.45, 7) is 1.65. The minimum Gasteiger partial charge on any atom is -0.507 e. The average Bonchev–Trinajstić information content (AvgIpc) is 2.91. The Morgan fingerprint density at radius 3 is 2.46 bits per heavy atom. The first-order valence-electron chi connectivity index (χ1n) is 7.52. The molecule has 0 bridgehead atoms. The van der Waals surface area contributed by atoms with E-state index in [9.17, 15) is 18.3 Å². The minimum absolute atomic E-state index is 0.0691. The molecular formula is C17H15BrN2O5S. The van der Waals surface area contributed by atoms with Crippen molar-refractivity contribution in [2.24, 2.45) is 0 Å². The molecule has 0 aliphatic heterocycles. The molecule has 0 saturated carbocycles. The predicted octanol–water partition coefficient (Wildman–Crippen LogP) is 3.42. The van der Waals surface area contributed by atoms with Gasteiger partial charge in [0, 0.05) is 11.5 Å². The number of rotatable bonds is 4. The van der Waals surface area contributed by atoms with Crippen LogP contribution in [0.25, 0.3) is 10.9 Å². The number of carbonyl (C=O) groups is 1. The quantitative estimate of drug-likeness (QED) is 0.577. The Balaban J connectivity index is 2.27. The van der Waals surface area contributed by atoms with Crippen LogP contribution in [0.3, 0.4) is 0 Å². The van der Waals surface area contributed by atoms with E-state index in [4.69, 9.17) is 5.11 Å². The highest BCUT2D eigenvalue weighted by molar-refractivity contribution is 9.10. The van der Waals surface area contributed by atoms with Crippen LogP contribution in [0.4, 0.5) is 4.79 Å². The van der Waals surface area contributed by atoms with Gasteiger partial charge in [-0.3, -0.25) is 0 Å². The second-order valence-electron chi connectivity index (χ2n) is 5.74. The molecule has 1 amide bonds. The van der Waals surface area contributed by atoms with Gasteiger partial charge >= 0.3 is 6.09 Å². The van der Waals surface area contributed by atoms with Gasteiger partial charge in [-0.1, -0.05) is 17.7 Å². The fourth-order valence-electron chi connectivity index (χ4n) is 2.64. The standard InChI is InChI=1S/C17H15BrN2O5S/c1-10-2-4-13(5-3-10)26(24,25)20-12(9-19-17(22)23)6-11-7-14(18)16(21)8-15(11)20/h2-8,19,21H,9H2,1H3,(H,22,23). The molecule has 3 rings (SSSR count). The fraction of sp³-hybridized carbons (Fsp3) is 0.118. The third-order valence-corrected chi connectivity index (χ3v) is 6.29. The second kappa shape index (κ2) is 6.65. The molecular weight excluding hydrogens is 424 g/mol. The first-order valence-corrected chi connectivity index (χ1v) is 9.75. The van der Waals surface area contributed by atoms with E-state index >= 15 is 0 Å². The van der Waals surface area contributed by atoms with Crippen molar-refractivity contribution in [3.8, 4) is 5.75 Å². The smallest absolute Gasteiger partial charge is 0.404 e. The summed E-state index contributed by atoms with van der Waals surface area (Å²) in [7, 11) is -3.99. The monoisotopic (exact) mass is 438 g/mol. The third kappa shape index (κ3) is 3.27. The topological polar surface area (TPSA) is 109 Å². The van der Waals surface area contributed by atoms with Gasteiger partial charge in [-0.25, -0.2) is 17.2 Å². The number of carboxylic acid groups (broad SMARTS) is 1. The summed E-state index contributed by atoms with van der Waals surface area (Å²) >= 11 is 3.20. The summed E-state index contributed by atoms with van der Waals surface area (Å²) in [6, 6.07) is 10.8. The number of halogens is 1. The summed E-state index contributed by atoms with van der Waals surface area (Å²) in [5, 5.41) is 21.6. The van der Waals surface area contributed by atoms with E-state index < -0.39 is 16.1 Å². The zero-order valence-electron chi connectivity index (χ0n) is 13.6. The number of fused-ring (bicyclic) bond motifs is 1. The SMILES string of the molecule is Cc1ccc(S(=O)(=O)n2c(CNC(=O)O)cc3cc(Br)c(O)cc32)cc1. The number of amides is 1. The molecule has 0 radical (unpaired) electrons. The van der Waals surface area contributed by atoms with Crippen LogP contribution in [0.15, 0.2) is 51.8 Å². The van der Waals surface area contributed by atoms with Crippen LogP contribution in [-0.2, 0) is 16.6 Å². The first kappa shape index (κ1) is 18.3. The molecule has 0 atom stereocenters. The normalized spacial score (nSPS) is 11.6. The fourth-order valence-corrected chi connectivity index (χ4v) is 4.53. The van der Waals surface area contributed by atoms with Crippen LogP contribution in [0.2, 0.25) is 0 Å². The van der Waals surface area contributed by atoms with Crippen molar-refractivity contribution < 1.29 is 23.4 Å². The Labute approximate surface area is 158 Å². The number of aromatic hydroxyl groups is 1. The van der Waals surface area contributed by atoms with Gasteiger partial charge in [0.2, 0.25) is 0 Å². The number of aryl methyl sites for hydroxylation is 1. The number of hydrogen-bond donors (Lipinski definition) is 3. The molecule has 0 saturated heterocycles. The second-order valence-corrected chi connectivity index (χ2v) is 8.38. The van der Waals surface area contributed by atoms with Gasteiger partial charge in [-0.2, -0.15) is 0 Å². The van der Waals surface area contributed by atoms with E-state index in [-0.39, 0.29) is 28.4 Å². The Bertz CT molecular complexity index is 1100. The van der Waals surface area contributed by atoms with Gasteiger partial charge in [0.05, 0.1) is 27.1 Å². The van der Waals surface area contributed by atoms with Gasteiger partial charge < -0.3 is 15.5 Å². The van der Waals surface area contributed by atoms with E-state index in [0.29, 0.717) is 9.86 Å². The molecule has 0 unspecified atom stereocenters. The van der Waals surface area contributed by atoms with Crippen LogP contribution >= 0.6 is 15.9 Å². The molecule has 26 heavy (non-hydrogen) atoms. The van der Waals surface area contributed by atoms with Crippen molar-refractivity contribution in [1.82, 2.24) is 9.29 Å². The number of phenolic OH excluding ortho intramolecular Hbond substituents is 1. The lowest BCUT2D eigenvalue weighted by Crippen LogP contribution is -2.24. The molecule has 1 heterocycles. The number of benzene rings is 2. The van der Waals surface area contributed by atoms with E-state index in [1.165, 1.54) is 18.2 Å². The summed E-state index contributed by atoms with van der Waals surface area (Å²) in [6.07, 6.45) is -1.27. The molecule has 7 nitrogen and oxygen atoms in total. The Kier molecular flexibility index (Phi) is 4.68. The zero-order valence-corrected chi connectivity index (χ0v) is 16.0. The van der Waals surface area contributed by atoms with Crippen molar-refractivity contribution in [3.05, 3.63) is 58.2 Å². The highest BCUT2D eigenvalue weighted by Crippen LogP contribution is 2.33. The third-order valence-electron chi connectivity index (χ3n) is 3.88. The predicted molar refractivity (Wildman–Crippen MR) is 99.9 cm³/mol. The van der Waals surface area contributed by atoms with Crippen LogP contribution < -0.4 is 5.32 Å². The molecule has 0 aliphatic carbocycles. The van der Waals surface area contributed by atoms with E-state index in [1.54, 1.807) is 24.3 Å². The summed E-state index contributed by atoms with van der Waals surface area (Å²) in [5.41, 5.74) is 1.41. The molecule has 0 fully saturated rings. The number of phenols is 1. The maximum absolute atomic E-state index is 13.2. The number of aromatic nitrogens is 1. The molecule has 1 aromatic heterocycles. The summed E-state index contributed by atoms with van der Waals surface area (Å²) < 4.78 is 27.8. The molecule has 3 N–H and O–H groups in total. The maximum atomic E-state index is 13.2. The van der Waals surface area contributed by atoms with E-state index in [2.05, 4.69) is 21.2 Å². The number of nitrogens with zero attached hydrogens (tertiary/aromatic N) is 1. The lowest BCUT2D eigenvalue weighted by Gasteiger charge is -2.12. The van der Waals surface area contributed by atoms with Crippen LogP contribution in [-0.4, -0.2) is 28.7 Å². The van der Waals surface area contributed by atoms with Gasteiger partial charge in [0.1, 0.15) is 5.75 Å². The maximum Gasteiger partial charge on any atom is 0.404 e. The zero-order chi connectivity index (χ0) is 19.1. The highest BCUT2D eigenvalue weighted by atomic mass is 79.9. The van der Waals surface area contributed by atoms with Gasteiger partial charge in [0.25, 0.3) is 10.0 Å². The van der Waals surface area contributed by atoms with Gasteiger partial charge in [0.15, 0.2) is 0 Å². The van der Waals surface area contributed by atoms with Crippen molar-refractivity contribution in [2.45, 2.75) is 18.4 Å². The lowest BCUT2D eigenvalue weighted by atomic mass is 10.2. The molecule has 2 aromatic carbocycles. The van der Waals surface area contributed by atoms with Crippen molar-refractivity contribution in [2.75, 3.05) is 0 Å². The summed E-state index contributed by atoms with van der Waals surface area (Å²) in [5.74, 6) is -0.117. The highest BCUT2D eigenvalue weighted by Gasteiger charge is 2.24.